The molecule has 0 fully saturated rings. The minimum Gasteiger partial charge on any atom is -0.476 e. The average molecular weight is 790 g/mol. The van der Waals surface area contributed by atoms with Crippen molar-refractivity contribution in [3.05, 3.63) is 127 Å². The summed E-state index contributed by atoms with van der Waals surface area (Å²) in [6, 6.07) is 40.3. The number of fused-ring (bicyclic) bond motifs is 5. The van der Waals surface area contributed by atoms with Crippen molar-refractivity contribution in [2.45, 2.75) is 52.4 Å². The molecule has 9 aromatic rings. The average Bonchev–Trinajstić information content (AvgIpc) is 3.60. The van der Waals surface area contributed by atoms with Crippen molar-refractivity contribution in [2.75, 3.05) is 0 Å². The van der Waals surface area contributed by atoms with Crippen LogP contribution in [0.25, 0.3) is 71.6 Å². The standard InChI is InChI=1S/C23H11N2O.C19H24N.Ir/c1-2-8-16-15(7-1)24-23-14-6-4-10-18-21(14)22-19(26-18)12-11-13-5-3-9-17(20(13)22)25(16)23;1-18(2,3)15-9-7-14(8-10-15)17-12-11-16(13-20-17)19(4,5)6;/h1-5,7-12H;7,9-13H,1-6H3;/q2*-1;. The van der Waals surface area contributed by atoms with Crippen LogP contribution in [0.2, 0.25) is 0 Å². The van der Waals surface area contributed by atoms with Gasteiger partial charge in [0.1, 0.15) is 5.58 Å². The normalized spacial score (nSPS) is 12.3. The van der Waals surface area contributed by atoms with Gasteiger partial charge in [0, 0.05) is 37.2 Å². The van der Waals surface area contributed by atoms with E-state index >= 15 is 0 Å². The molecule has 1 radical (unpaired) electrons. The predicted octanol–water partition coefficient (Wildman–Crippen LogP) is 11.1. The monoisotopic (exact) mass is 790 g/mol. The fraction of sp³-hybridized carbons (Fsp3) is 0.190. The van der Waals surface area contributed by atoms with Crippen LogP contribution < -0.4 is 0 Å². The van der Waals surface area contributed by atoms with Gasteiger partial charge in [0.05, 0.1) is 22.3 Å². The Balaban J connectivity index is 0.000000152. The molecule has 47 heavy (non-hydrogen) atoms. The molecule has 4 heterocycles. The Bertz CT molecular complexity index is 2470. The third-order valence-corrected chi connectivity index (χ3v) is 9.02. The van der Waals surface area contributed by atoms with E-state index in [-0.39, 0.29) is 30.9 Å². The summed E-state index contributed by atoms with van der Waals surface area (Å²) in [6.45, 7) is 13.3. The zero-order valence-corrected chi connectivity index (χ0v) is 29.8. The Morgan fingerprint density at radius 1 is 0.660 bits per heavy atom. The first-order valence-electron chi connectivity index (χ1n) is 15.8. The molecule has 4 nitrogen and oxygen atoms in total. The molecule has 0 bridgehead atoms. The minimum atomic E-state index is 0. The van der Waals surface area contributed by atoms with E-state index in [0.717, 1.165) is 60.8 Å². The van der Waals surface area contributed by atoms with Crippen molar-refractivity contribution in [1.29, 1.82) is 0 Å². The quantitative estimate of drug-likeness (QED) is 0.156. The van der Waals surface area contributed by atoms with Crippen molar-refractivity contribution in [1.82, 2.24) is 14.4 Å². The first-order chi connectivity index (χ1) is 22.1. The van der Waals surface area contributed by atoms with Gasteiger partial charge in [-0.05, 0) is 57.1 Å². The molecule has 5 aromatic carbocycles. The van der Waals surface area contributed by atoms with Crippen molar-refractivity contribution in [2.24, 2.45) is 0 Å². The maximum absolute atomic E-state index is 6.16. The van der Waals surface area contributed by atoms with Crippen LogP contribution in [0.1, 0.15) is 52.7 Å². The molecular weight excluding hydrogens is 755 g/mol. The number of imidazole rings is 1. The second kappa shape index (κ2) is 11.3. The second-order valence-corrected chi connectivity index (χ2v) is 14.2. The van der Waals surface area contributed by atoms with Gasteiger partial charge in [-0.3, -0.25) is 4.98 Å². The molecule has 5 heteroatoms. The van der Waals surface area contributed by atoms with E-state index in [2.05, 4.69) is 142 Å². The summed E-state index contributed by atoms with van der Waals surface area (Å²) in [4.78, 5) is 9.54. The fourth-order valence-electron chi connectivity index (χ4n) is 6.45. The van der Waals surface area contributed by atoms with Crippen LogP contribution >= 0.6 is 0 Å². The van der Waals surface area contributed by atoms with E-state index in [1.54, 1.807) is 0 Å². The Labute approximate surface area is 288 Å². The van der Waals surface area contributed by atoms with Gasteiger partial charge >= 0.3 is 0 Å². The summed E-state index contributed by atoms with van der Waals surface area (Å²) in [6.07, 6.45) is 1.97. The van der Waals surface area contributed by atoms with Gasteiger partial charge in [0.2, 0.25) is 0 Å². The van der Waals surface area contributed by atoms with Gasteiger partial charge in [-0.15, -0.1) is 47.5 Å². The number of rotatable bonds is 1. The molecule has 4 aromatic heterocycles. The van der Waals surface area contributed by atoms with Crippen LogP contribution in [0.4, 0.5) is 0 Å². The summed E-state index contributed by atoms with van der Waals surface area (Å²) in [5.74, 6) is 0. The fourth-order valence-corrected chi connectivity index (χ4v) is 6.45. The van der Waals surface area contributed by atoms with Gasteiger partial charge in [0.15, 0.2) is 0 Å². The first kappa shape index (κ1) is 31.1. The van der Waals surface area contributed by atoms with Crippen LogP contribution in [0.5, 0.6) is 0 Å². The number of pyridine rings is 1. The molecule has 0 N–H and O–H groups in total. The van der Waals surface area contributed by atoms with Crippen LogP contribution in [-0.2, 0) is 30.9 Å². The Morgan fingerprint density at radius 2 is 1.40 bits per heavy atom. The Kier molecular flexibility index (Phi) is 7.46. The maximum atomic E-state index is 6.16. The molecule has 0 aliphatic rings. The van der Waals surface area contributed by atoms with Crippen molar-refractivity contribution < 1.29 is 24.5 Å². The molecule has 0 saturated heterocycles. The number of hydrogen-bond acceptors (Lipinski definition) is 3. The third kappa shape index (κ3) is 5.19. The van der Waals surface area contributed by atoms with Gasteiger partial charge < -0.3 is 13.8 Å². The van der Waals surface area contributed by atoms with E-state index < -0.39 is 0 Å². The maximum Gasteiger partial charge on any atom is 0.124 e. The van der Waals surface area contributed by atoms with Crippen LogP contribution in [0, 0.1) is 12.1 Å². The number of furan rings is 1. The van der Waals surface area contributed by atoms with Gasteiger partial charge in [-0.1, -0.05) is 101 Å². The molecule has 0 spiro atoms. The molecule has 0 unspecified atom stereocenters. The van der Waals surface area contributed by atoms with Crippen LogP contribution in [0.3, 0.4) is 0 Å². The van der Waals surface area contributed by atoms with Gasteiger partial charge in [0.25, 0.3) is 0 Å². The van der Waals surface area contributed by atoms with Crippen LogP contribution in [0.15, 0.2) is 108 Å². The first-order valence-corrected chi connectivity index (χ1v) is 15.8. The molecule has 9 rings (SSSR count). The summed E-state index contributed by atoms with van der Waals surface area (Å²) >= 11 is 0. The minimum absolute atomic E-state index is 0. The SMILES string of the molecule is CC(C)(C)c1c[c-]c(-c2ccc(C(C)(C)C)cn2)cc1.[Ir].[c-]1ccc2oc3ccc4cccc5c4c3c2c1c1nc2ccccc2n51. The van der Waals surface area contributed by atoms with E-state index in [9.17, 15) is 0 Å². The number of benzene rings is 5. The predicted molar refractivity (Wildman–Crippen MR) is 191 cm³/mol. The van der Waals surface area contributed by atoms with Gasteiger partial charge in [-0.25, -0.2) is 0 Å². The zero-order chi connectivity index (χ0) is 31.8. The molecule has 0 amide bonds. The number of hydrogen-bond donors (Lipinski definition) is 0. The zero-order valence-electron chi connectivity index (χ0n) is 27.4. The third-order valence-electron chi connectivity index (χ3n) is 9.02. The molecular formula is C42H35IrN3O-2. The van der Waals surface area contributed by atoms with E-state index in [1.165, 1.54) is 21.9 Å². The van der Waals surface area contributed by atoms with E-state index in [4.69, 9.17) is 9.40 Å². The molecule has 0 saturated carbocycles. The number of para-hydroxylation sites is 2. The molecule has 0 aliphatic carbocycles. The topological polar surface area (TPSA) is 43.3 Å². The second-order valence-electron chi connectivity index (χ2n) is 14.2. The van der Waals surface area contributed by atoms with E-state index in [0.29, 0.717) is 0 Å². The van der Waals surface area contributed by atoms with E-state index in [1.807, 2.05) is 24.4 Å². The summed E-state index contributed by atoms with van der Waals surface area (Å²) in [5.41, 5.74) is 10.9. The molecule has 0 atom stereocenters. The van der Waals surface area contributed by atoms with Gasteiger partial charge in [-0.2, -0.15) is 0 Å². The summed E-state index contributed by atoms with van der Waals surface area (Å²) in [5, 5.41) is 5.69. The number of aromatic nitrogens is 3. The molecule has 235 valence electrons. The smallest absolute Gasteiger partial charge is 0.124 e. The van der Waals surface area contributed by atoms with Crippen molar-refractivity contribution in [3.8, 4) is 11.3 Å². The largest absolute Gasteiger partial charge is 0.476 e. The summed E-state index contributed by atoms with van der Waals surface area (Å²) in [7, 11) is 0. The number of nitrogens with zero attached hydrogens (tertiary/aromatic N) is 3. The summed E-state index contributed by atoms with van der Waals surface area (Å²) < 4.78 is 8.43. The van der Waals surface area contributed by atoms with Crippen LogP contribution in [-0.4, -0.2) is 14.4 Å². The van der Waals surface area contributed by atoms with Crippen molar-refractivity contribution in [3.63, 3.8) is 0 Å². The Hall–Kier alpha value is -4.57. The Morgan fingerprint density at radius 3 is 2.13 bits per heavy atom. The van der Waals surface area contributed by atoms with Crippen molar-refractivity contribution >= 4 is 60.3 Å². The molecule has 0 aliphatic heterocycles.